The molecule has 2 heterocycles. The lowest BCUT2D eigenvalue weighted by atomic mass is 10.00. The average molecular weight is 277 g/mol. The first-order chi connectivity index (χ1) is 9.40. The second kappa shape index (κ2) is 5.79. The maximum absolute atomic E-state index is 11.5. The number of pyridine rings is 1. The van der Waals surface area contributed by atoms with Crippen LogP contribution in [0.4, 0.5) is 5.82 Å². The summed E-state index contributed by atoms with van der Waals surface area (Å²) in [5.41, 5.74) is 5.08. The Morgan fingerprint density at radius 2 is 1.95 bits per heavy atom. The molecule has 1 aromatic heterocycles. The molecule has 2 rings (SSSR count). The van der Waals surface area contributed by atoms with E-state index in [9.17, 15) is 9.90 Å². The first-order valence-corrected chi connectivity index (χ1v) is 7.16. The lowest BCUT2D eigenvalue weighted by molar-refractivity contribution is 0.0694. The lowest BCUT2D eigenvalue weighted by Crippen LogP contribution is -2.47. The van der Waals surface area contributed by atoms with Gasteiger partial charge in [-0.3, -0.25) is 0 Å². The second-order valence-corrected chi connectivity index (χ2v) is 5.76. The highest BCUT2D eigenvalue weighted by molar-refractivity contribution is 5.94. The number of hydrogen-bond acceptors (Lipinski definition) is 4. The van der Waals surface area contributed by atoms with Crippen molar-refractivity contribution < 1.29 is 9.90 Å². The fourth-order valence-corrected chi connectivity index (χ4v) is 2.95. The third-order valence-corrected chi connectivity index (χ3v) is 3.99. The van der Waals surface area contributed by atoms with Gasteiger partial charge in [-0.05, 0) is 52.2 Å². The van der Waals surface area contributed by atoms with E-state index in [4.69, 9.17) is 0 Å². The molecule has 1 aliphatic heterocycles. The molecule has 0 radical (unpaired) electrons. The van der Waals surface area contributed by atoms with Crippen molar-refractivity contribution in [2.24, 2.45) is 0 Å². The number of nitrogens with zero attached hydrogens (tertiary/aromatic N) is 2. The molecular formula is C15H23N3O2. The number of aryl methyl sites for hydroxylation is 2. The molecule has 1 fully saturated rings. The molecule has 0 aliphatic carbocycles. The van der Waals surface area contributed by atoms with E-state index in [1.165, 1.54) is 6.42 Å². The zero-order chi connectivity index (χ0) is 14.9. The van der Waals surface area contributed by atoms with Gasteiger partial charge >= 0.3 is 5.97 Å². The minimum atomic E-state index is -0.935. The van der Waals surface area contributed by atoms with Crippen LogP contribution in [0.1, 0.15) is 54.7 Å². The summed E-state index contributed by atoms with van der Waals surface area (Å²) < 4.78 is 0. The van der Waals surface area contributed by atoms with Crippen molar-refractivity contribution in [1.29, 1.82) is 0 Å². The molecular weight excluding hydrogens is 254 g/mol. The molecule has 1 aliphatic rings. The zero-order valence-electron chi connectivity index (χ0n) is 12.6. The summed E-state index contributed by atoms with van der Waals surface area (Å²) >= 11 is 0. The van der Waals surface area contributed by atoms with Gasteiger partial charge in [-0.1, -0.05) is 6.42 Å². The first kappa shape index (κ1) is 14.8. The van der Waals surface area contributed by atoms with Crippen LogP contribution in [0.15, 0.2) is 6.07 Å². The van der Waals surface area contributed by atoms with Crippen molar-refractivity contribution in [2.45, 2.75) is 59.0 Å². The number of hydrogen-bond donors (Lipinski definition) is 2. The van der Waals surface area contributed by atoms with Crippen molar-refractivity contribution in [3.05, 3.63) is 22.9 Å². The van der Waals surface area contributed by atoms with Gasteiger partial charge in [-0.15, -0.1) is 0 Å². The van der Waals surface area contributed by atoms with Crippen molar-refractivity contribution in [2.75, 3.05) is 5.43 Å². The normalized spacial score (nSPS) is 23.6. The van der Waals surface area contributed by atoms with Crippen LogP contribution >= 0.6 is 0 Å². The molecule has 0 amide bonds. The summed E-state index contributed by atoms with van der Waals surface area (Å²) in [4.78, 5) is 15.8. The van der Waals surface area contributed by atoms with E-state index in [1.54, 1.807) is 6.07 Å². The maximum atomic E-state index is 11.5. The van der Waals surface area contributed by atoms with Crippen LogP contribution in [0, 0.1) is 13.8 Å². The molecule has 2 unspecified atom stereocenters. The van der Waals surface area contributed by atoms with Gasteiger partial charge < -0.3 is 10.5 Å². The zero-order valence-corrected chi connectivity index (χ0v) is 12.6. The van der Waals surface area contributed by atoms with Crippen LogP contribution in [0.2, 0.25) is 0 Å². The Labute approximate surface area is 120 Å². The molecule has 0 aromatic carbocycles. The number of rotatable bonds is 3. The van der Waals surface area contributed by atoms with Gasteiger partial charge in [0.25, 0.3) is 0 Å². The second-order valence-electron chi connectivity index (χ2n) is 5.76. The smallest absolute Gasteiger partial charge is 0.339 e. The van der Waals surface area contributed by atoms with Gasteiger partial charge in [0.1, 0.15) is 5.56 Å². The number of nitrogens with one attached hydrogen (secondary N) is 1. The summed E-state index contributed by atoms with van der Waals surface area (Å²) in [5, 5.41) is 11.5. The summed E-state index contributed by atoms with van der Waals surface area (Å²) in [7, 11) is 0. The highest BCUT2D eigenvalue weighted by Crippen LogP contribution is 2.25. The number of carboxylic acid groups (broad SMARTS) is 1. The molecule has 0 spiro atoms. The van der Waals surface area contributed by atoms with Crippen LogP contribution in [0.5, 0.6) is 0 Å². The summed E-state index contributed by atoms with van der Waals surface area (Å²) in [5.74, 6) is -0.481. The number of carboxylic acids is 1. The SMILES string of the molecule is Cc1cc(C)c(C(=O)O)c(NN2C(C)CCCC2C)n1. The Balaban J connectivity index is 2.34. The molecule has 2 atom stereocenters. The molecule has 0 saturated carbocycles. The van der Waals surface area contributed by atoms with Crippen LogP contribution in [-0.4, -0.2) is 33.2 Å². The van der Waals surface area contributed by atoms with Crippen molar-refractivity contribution in [3.8, 4) is 0 Å². The Hall–Kier alpha value is -1.62. The fraction of sp³-hybridized carbons (Fsp3) is 0.600. The molecule has 5 nitrogen and oxygen atoms in total. The van der Waals surface area contributed by atoms with Gasteiger partial charge in [0.15, 0.2) is 5.82 Å². The molecule has 1 aromatic rings. The quantitative estimate of drug-likeness (QED) is 0.889. The van der Waals surface area contributed by atoms with E-state index in [0.29, 0.717) is 17.9 Å². The fourth-order valence-electron chi connectivity index (χ4n) is 2.95. The molecule has 20 heavy (non-hydrogen) atoms. The van der Waals surface area contributed by atoms with Gasteiger partial charge in [0, 0.05) is 17.8 Å². The van der Waals surface area contributed by atoms with Gasteiger partial charge in [0.05, 0.1) is 0 Å². The Kier molecular flexibility index (Phi) is 4.28. The minimum Gasteiger partial charge on any atom is -0.478 e. The standard InChI is InChI=1S/C15H23N3O2/c1-9-8-10(2)16-14(13(9)15(19)20)17-18-11(3)6-5-7-12(18)4/h8,11-12H,5-7H2,1-4H3,(H,16,17)(H,19,20). The number of carbonyl (C=O) groups is 1. The topological polar surface area (TPSA) is 65.5 Å². The van der Waals surface area contributed by atoms with Crippen LogP contribution < -0.4 is 5.43 Å². The number of piperidine rings is 1. The largest absolute Gasteiger partial charge is 0.478 e. The molecule has 0 bridgehead atoms. The average Bonchev–Trinajstić information content (AvgIpc) is 2.32. The molecule has 2 N–H and O–H groups in total. The predicted molar refractivity (Wildman–Crippen MR) is 78.9 cm³/mol. The molecule has 1 saturated heterocycles. The number of aromatic carboxylic acids is 1. The van der Waals surface area contributed by atoms with Crippen molar-refractivity contribution in [1.82, 2.24) is 9.99 Å². The van der Waals surface area contributed by atoms with E-state index in [-0.39, 0.29) is 5.56 Å². The Morgan fingerprint density at radius 1 is 1.35 bits per heavy atom. The maximum Gasteiger partial charge on any atom is 0.339 e. The van der Waals surface area contributed by atoms with Gasteiger partial charge in [-0.25, -0.2) is 14.8 Å². The van der Waals surface area contributed by atoms with Crippen molar-refractivity contribution in [3.63, 3.8) is 0 Å². The van der Waals surface area contributed by atoms with E-state index < -0.39 is 5.97 Å². The van der Waals surface area contributed by atoms with Gasteiger partial charge in [-0.2, -0.15) is 0 Å². The van der Waals surface area contributed by atoms with Crippen LogP contribution in [0.25, 0.3) is 0 Å². The van der Waals surface area contributed by atoms with E-state index >= 15 is 0 Å². The summed E-state index contributed by atoms with van der Waals surface area (Å²) in [6.07, 6.45) is 3.45. The highest BCUT2D eigenvalue weighted by Gasteiger charge is 2.27. The van der Waals surface area contributed by atoms with Gasteiger partial charge in [0.2, 0.25) is 0 Å². The Bertz CT molecular complexity index is 506. The molecule has 5 heteroatoms. The summed E-state index contributed by atoms with van der Waals surface area (Å²) in [6, 6.07) is 2.56. The number of anilines is 1. The monoisotopic (exact) mass is 277 g/mol. The van der Waals surface area contributed by atoms with E-state index in [2.05, 4.69) is 29.3 Å². The van der Waals surface area contributed by atoms with Crippen LogP contribution in [-0.2, 0) is 0 Å². The minimum absolute atomic E-state index is 0.264. The molecule has 110 valence electrons. The predicted octanol–water partition coefficient (Wildman–Crippen LogP) is 2.99. The van der Waals surface area contributed by atoms with Crippen LogP contribution in [0.3, 0.4) is 0 Å². The number of aromatic nitrogens is 1. The third-order valence-electron chi connectivity index (χ3n) is 3.99. The first-order valence-electron chi connectivity index (χ1n) is 7.16. The Morgan fingerprint density at radius 3 is 2.50 bits per heavy atom. The highest BCUT2D eigenvalue weighted by atomic mass is 16.4. The summed E-state index contributed by atoms with van der Waals surface area (Å²) in [6.45, 7) is 8.01. The number of hydrazine groups is 1. The van der Waals surface area contributed by atoms with Crippen molar-refractivity contribution >= 4 is 11.8 Å². The van der Waals surface area contributed by atoms with E-state index in [1.807, 2.05) is 13.8 Å². The third kappa shape index (κ3) is 2.93. The lowest BCUT2D eigenvalue weighted by Gasteiger charge is -2.39. The van der Waals surface area contributed by atoms with E-state index in [0.717, 1.165) is 24.1 Å².